The maximum Gasteiger partial charge on any atom is 0.268 e. The Hall–Kier alpha value is -1.00. The first kappa shape index (κ1) is 16.1. The molecule has 0 bridgehead atoms. The predicted octanol–water partition coefficient (Wildman–Crippen LogP) is 2.97. The Labute approximate surface area is 120 Å². The van der Waals surface area contributed by atoms with Crippen molar-refractivity contribution in [2.45, 2.75) is 52.1 Å². The monoisotopic (exact) mass is 285 g/mol. The zero-order valence-corrected chi connectivity index (χ0v) is 12.7. The highest BCUT2D eigenvalue weighted by Crippen LogP contribution is 2.19. The molecule has 5 heteroatoms. The van der Waals surface area contributed by atoms with Crippen LogP contribution < -0.4 is 11.1 Å². The molecule has 3 N–H and O–H groups in total. The molecular weight excluding hydrogens is 262 g/mol. The highest BCUT2D eigenvalue weighted by molar-refractivity contribution is 6.31. The standard InChI is InChI=1S/C14H24ClN3O/c1-4-5-6-12(8-16)17-14(19)13-7-11(15)9-18(13)10(2)3/h7,9-10,12H,4-6,8,16H2,1-3H3,(H,17,19). The summed E-state index contributed by atoms with van der Waals surface area (Å²) in [6, 6.07) is 1.92. The van der Waals surface area contributed by atoms with Gasteiger partial charge in [-0.3, -0.25) is 4.79 Å². The van der Waals surface area contributed by atoms with Crippen LogP contribution in [0.4, 0.5) is 0 Å². The van der Waals surface area contributed by atoms with Crippen LogP contribution in [0.25, 0.3) is 0 Å². The van der Waals surface area contributed by atoms with Crippen molar-refractivity contribution in [1.29, 1.82) is 0 Å². The van der Waals surface area contributed by atoms with Crippen molar-refractivity contribution >= 4 is 17.5 Å². The van der Waals surface area contributed by atoms with Gasteiger partial charge in [0.05, 0.1) is 5.02 Å². The van der Waals surface area contributed by atoms with Crippen molar-refractivity contribution < 1.29 is 4.79 Å². The number of nitrogens with zero attached hydrogens (tertiary/aromatic N) is 1. The number of carbonyl (C=O) groups excluding carboxylic acids is 1. The van der Waals surface area contributed by atoms with Crippen LogP contribution in [0.2, 0.25) is 5.02 Å². The lowest BCUT2D eigenvalue weighted by Crippen LogP contribution is -2.40. The van der Waals surface area contributed by atoms with Crippen molar-refractivity contribution in [2.75, 3.05) is 6.54 Å². The third kappa shape index (κ3) is 4.55. The minimum absolute atomic E-state index is 0.0294. The third-order valence-corrected chi connectivity index (χ3v) is 3.34. The second kappa shape index (κ2) is 7.56. The lowest BCUT2D eigenvalue weighted by Gasteiger charge is -2.18. The van der Waals surface area contributed by atoms with E-state index in [9.17, 15) is 4.79 Å². The Morgan fingerprint density at radius 2 is 2.21 bits per heavy atom. The van der Waals surface area contributed by atoms with Crippen LogP contribution in [0.3, 0.4) is 0 Å². The summed E-state index contributed by atoms with van der Waals surface area (Å²) in [7, 11) is 0. The molecule has 1 amide bonds. The van der Waals surface area contributed by atoms with E-state index >= 15 is 0 Å². The van der Waals surface area contributed by atoms with Gasteiger partial charge in [-0.05, 0) is 26.3 Å². The summed E-state index contributed by atoms with van der Waals surface area (Å²) in [6.45, 7) is 6.62. The smallest absolute Gasteiger partial charge is 0.268 e. The molecule has 0 aliphatic heterocycles. The van der Waals surface area contributed by atoms with Crippen molar-refractivity contribution in [3.63, 3.8) is 0 Å². The number of hydrogen-bond donors (Lipinski definition) is 2. The number of halogens is 1. The summed E-state index contributed by atoms with van der Waals surface area (Å²) in [6.07, 6.45) is 4.86. The van der Waals surface area contributed by atoms with Crippen molar-refractivity contribution in [1.82, 2.24) is 9.88 Å². The molecule has 0 radical (unpaired) electrons. The number of hydrogen-bond acceptors (Lipinski definition) is 2. The quantitative estimate of drug-likeness (QED) is 0.809. The van der Waals surface area contributed by atoms with Crippen LogP contribution >= 0.6 is 11.6 Å². The van der Waals surface area contributed by atoms with E-state index in [1.54, 1.807) is 12.3 Å². The van der Waals surface area contributed by atoms with Crippen molar-refractivity contribution in [2.24, 2.45) is 5.73 Å². The van der Waals surface area contributed by atoms with E-state index < -0.39 is 0 Å². The first-order chi connectivity index (χ1) is 8.99. The van der Waals surface area contributed by atoms with Gasteiger partial charge < -0.3 is 15.6 Å². The number of nitrogens with one attached hydrogen (secondary N) is 1. The Morgan fingerprint density at radius 3 is 2.74 bits per heavy atom. The van der Waals surface area contributed by atoms with Crippen LogP contribution in [-0.4, -0.2) is 23.1 Å². The lowest BCUT2D eigenvalue weighted by molar-refractivity contribution is 0.0925. The number of aromatic nitrogens is 1. The van der Waals surface area contributed by atoms with E-state index in [0.717, 1.165) is 19.3 Å². The summed E-state index contributed by atoms with van der Waals surface area (Å²) in [4.78, 5) is 12.3. The molecule has 1 aromatic rings. The number of unbranched alkanes of at least 4 members (excludes halogenated alkanes) is 1. The van der Waals surface area contributed by atoms with Crippen LogP contribution in [0.1, 0.15) is 56.6 Å². The molecule has 0 aromatic carbocycles. The minimum atomic E-state index is -0.104. The number of nitrogens with two attached hydrogens (primary N) is 1. The third-order valence-electron chi connectivity index (χ3n) is 3.13. The Bertz CT molecular complexity index is 415. The minimum Gasteiger partial charge on any atom is -0.347 e. The second-order valence-electron chi connectivity index (χ2n) is 5.09. The van der Waals surface area contributed by atoms with Gasteiger partial charge in [-0.15, -0.1) is 0 Å². The van der Waals surface area contributed by atoms with Crippen molar-refractivity contribution in [3.05, 3.63) is 23.0 Å². The molecule has 0 spiro atoms. The fraction of sp³-hybridized carbons (Fsp3) is 0.643. The Balaban J connectivity index is 2.76. The molecule has 0 saturated carbocycles. The van der Waals surface area contributed by atoms with Crippen LogP contribution in [0.15, 0.2) is 12.3 Å². The average Bonchev–Trinajstić information content (AvgIpc) is 2.76. The molecule has 1 rings (SSSR count). The second-order valence-corrected chi connectivity index (χ2v) is 5.53. The fourth-order valence-corrected chi connectivity index (χ4v) is 2.22. The molecule has 0 saturated heterocycles. The molecule has 1 heterocycles. The van der Waals surface area contributed by atoms with E-state index in [2.05, 4.69) is 12.2 Å². The first-order valence-electron chi connectivity index (χ1n) is 6.87. The van der Waals surface area contributed by atoms with Gasteiger partial charge in [0, 0.05) is 24.8 Å². The molecular formula is C14H24ClN3O. The van der Waals surface area contributed by atoms with Gasteiger partial charge in [0.15, 0.2) is 0 Å². The zero-order valence-electron chi connectivity index (χ0n) is 11.9. The summed E-state index contributed by atoms with van der Waals surface area (Å²) in [5.74, 6) is -0.104. The molecule has 0 aliphatic carbocycles. The van der Waals surface area contributed by atoms with Gasteiger partial charge in [-0.1, -0.05) is 31.4 Å². The van der Waals surface area contributed by atoms with Crippen LogP contribution in [0.5, 0.6) is 0 Å². The zero-order chi connectivity index (χ0) is 14.4. The highest BCUT2D eigenvalue weighted by Gasteiger charge is 2.17. The SMILES string of the molecule is CCCCC(CN)NC(=O)c1cc(Cl)cn1C(C)C. The van der Waals surface area contributed by atoms with Crippen LogP contribution in [0, 0.1) is 0 Å². The summed E-state index contributed by atoms with van der Waals surface area (Å²) >= 11 is 5.98. The lowest BCUT2D eigenvalue weighted by atomic mass is 10.1. The van der Waals surface area contributed by atoms with E-state index in [0.29, 0.717) is 17.3 Å². The Kier molecular flexibility index (Phi) is 6.38. The number of rotatable bonds is 7. The van der Waals surface area contributed by atoms with Gasteiger partial charge in [0.2, 0.25) is 0 Å². The molecule has 4 nitrogen and oxygen atoms in total. The number of amides is 1. The van der Waals surface area contributed by atoms with Crippen LogP contribution in [-0.2, 0) is 0 Å². The Morgan fingerprint density at radius 1 is 1.53 bits per heavy atom. The van der Waals surface area contributed by atoms with E-state index in [1.165, 1.54) is 0 Å². The molecule has 0 aliphatic rings. The normalized spacial score (nSPS) is 12.7. The van der Waals surface area contributed by atoms with E-state index in [-0.39, 0.29) is 18.0 Å². The first-order valence-corrected chi connectivity index (χ1v) is 7.25. The van der Waals surface area contributed by atoms with E-state index in [1.807, 2.05) is 18.4 Å². The summed E-state index contributed by atoms with van der Waals surface area (Å²) in [5, 5.41) is 3.56. The van der Waals surface area contributed by atoms with E-state index in [4.69, 9.17) is 17.3 Å². The molecule has 0 fully saturated rings. The fourth-order valence-electron chi connectivity index (χ4n) is 2.01. The molecule has 108 valence electrons. The largest absolute Gasteiger partial charge is 0.347 e. The van der Waals surface area contributed by atoms with Gasteiger partial charge in [0.1, 0.15) is 5.69 Å². The molecule has 1 atom stereocenters. The molecule has 1 unspecified atom stereocenters. The van der Waals surface area contributed by atoms with Gasteiger partial charge >= 0.3 is 0 Å². The maximum atomic E-state index is 12.3. The maximum absolute atomic E-state index is 12.3. The summed E-state index contributed by atoms with van der Waals surface area (Å²) < 4.78 is 1.88. The van der Waals surface area contributed by atoms with Crippen molar-refractivity contribution in [3.8, 4) is 0 Å². The molecule has 1 aromatic heterocycles. The van der Waals surface area contributed by atoms with Gasteiger partial charge in [-0.25, -0.2) is 0 Å². The van der Waals surface area contributed by atoms with Gasteiger partial charge in [-0.2, -0.15) is 0 Å². The molecule has 19 heavy (non-hydrogen) atoms. The average molecular weight is 286 g/mol. The highest BCUT2D eigenvalue weighted by atomic mass is 35.5. The predicted molar refractivity (Wildman–Crippen MR) is 79.7 cm³/mol. The summed E-state index contributed by atoms with van der Waals surface area (Å²) in [5.41, 5.74) is 6.29. The topological polar surface area (TPSA) is 60.0 Å². The van der Waals surface area contributed by atoms with Gasteiger partial charge in [0.25, 0.3) is 5.91 Å². The number of carbonyl (C=O) groups is 1.